The molecule has 0 unspecified atom stereocenters. The summed E-state index contributed by atoms with van der Waals surface area (Å²) in [5.41, 5.74) is -0.316. The molecular formula is C13H13ClN2O4. The van der Waals surface area contributed by atoms with E-state index in [1.807, 2.05) is 6.92 Å². The number of aryl methyl sites for hydroxylation is 1. The van der Waals surface area contributed by atoms with Crippen LogP contribution in [0.15, 0.2) is 17.1 Å². The smallest absolute Gasteiger partial charge is 0.256 e. The SMILES string of the molecule is CCn1cc(C(=O)NC)c(=O)c2c(Cl)c(O)c(O)cc21. The van der Waals surface area contributed by atoms with Gasteiger partial charge in [-0.05, 0) is 6.92 Å². The van der Waals surface area contributed by atoms with Crippen LogP contribution in [0.5, 0.6) is 11.5 Å². The van der Waals surface area contributed by atoms with Crippen molar-refractivity contribution in [2.24, 2.45) is 0 Å². The number of benzene rings is 1. The quantitative estimate of drug-likeness (QED) is 0.731. The average molecular weight is 297 g/mol. The van der Waals surface area contributed by atoms with Gasteiger partial charge in [0.1, 0.15) is 5.56 Å². The number of aromatic nitrogens is 1. The lowest BCUT2D eigenvalue weighted by atomic mass is 10.1. The second kappa shape index (κ2) is 5.05. The molecule has 0 atom stereocenters. The fourth-order valence-electron chi connectivity index (χ4n) is 2.03. The van der Waals surface area contributed by atoms with Gasteiger partial charge in [0.2, 0.25) is 5.43 Å². The summed E-state index contributed by atoms with van der Waals surface area (Å²) in [5, 5.41) is 21.4. The van der Waals surface area contributed by atoms with Gasteiger partial charge in [-0.3, -0.25) is 9.59 Å². The molecule has 0 fully saturated rings. The molecule has 0 spiro atoms. The number of nitrogens with one attached hydrogen (secondary N) is 1. The van der Waals surface area contributed by atoms with Crippen molar-refractivity contribution >= 4 is 28.4 Å². The van der Waals surface area contributed by atoms with Crippen molar-refractivity contribution < 1.29 is 15.0 Å². The van der Waals surface area contributed by atoms with E-state index in [1.165, 1.54) is 19.3 Å². The minimum atomic E-state index is -0.593. The van der Waals surface area contributed by atoms with Gasteiger partial charge in [0.05, 0.1) is 15.9 Å². The minimum Gasteiger partial charge on any atom is -0.504 e. The highest BCUT2D eigenvalue weighted by Gasteiger charge is 2.20. The molecule has 6 nitrogen and oxygen atoms in total. The van der Waals surface area contributed by atoms with Gasteiger partial charge in [0.25, 0.3) is 5.91 Å². The van der Waals surface area contributed by atoms with Crippen LogP contribution in [0.25, 0.3) is 10.9 Å². The lowest BCUT2D eigenvalue weighted by Gasteiger charge is -2.13. The van der Waals surface area contributed by atoms with Gasteiger partial charge in [-0.25, -0.2) is 0 Å². The molecular weight excluding hydrogens is 284 g/mol. The van der Waals surface area contributed by atoms with E-state index in [9.17, 15) is 19.8 Å². The van der Waals surface area contributed by atoms with Crippen molar-refractivity contribution in [1.29, 1.82) is 0 Å². The van der Waals surface area contributed by atoms with E-state index in [2.05, 4.69) is 5.32 Å². The molecule has 1 heterocycles. The molecule has 1 aromatic carbocycles. The van der Waals surface area contributed by atoms with Crippen LogP contribution in [0.4, 0.5) is 0 Å². The maximum Gasteiger partial charge on any atom is 0.256 e. The number of phenolic OH excluding ortho intramolecular Hbond substituents is 2. The summed E-state index contributed by atoms with van der Waals surface area (Å²) in [6, 6.07) is 1.25. The first-order chi connectivity index (χ1) is 9.42. The van der Waals surface area contributed by atoms with Crippen molar-refractivity contribution in [3.8, 4) is 11.5 Å². The van der Waals surface area contributed by atoms with E-state index >= 15 is 0 Å². The zero-order valence-corrected chi connectivity index (χ0v) is 11.7. The van der Waals surface area contributed by atoms with Gasteiger partial charge in [-0.1, -0.05) is 11.6 Å². The lowest BCUT2D eigenvalue weighted by Crippen LogP contribution is -2.27. The topological polar surface area (TPSA) is 91.6 Å². The molecule has 0 saturated carbocycles. The number of nitrogens with zero attached hydrogens (tertiary/aromatic N) is 1. The number of hydrogen-bond donors (Lipinski definition) is 3. The molecule has 0 aliphatic carbocycles. The molecule has 7 heteroatoms. The van der Waals surface area contributed by atoms with E-state index in [-0.39, 0.29) is 16.0 Å². The average Bonchev–Trinajstić information content (AvgIpc) is 2.44. The summed E-state index contributed by atoms with van der Waals surface area (Å²) in [7, 11) is 1.41. The molecule has 0 radical (unpaired) electrons. The first-order valence-corrected chi connectivity index (χ1v) is 6.29. The first kappa shape index (κ1) is 14.2. The number of carbonyl (C=O) groups is 1. The van der Waals surface area contributed by atoms with E-state index in [0.717, 1.165) is 0 Å². The maximum absolute atomic E-state index is 12.3. The molecule has 20 heavy (non-hydrogen) atoms. The predicted octanol–water partition coefficient (Wildman–Crippen LogP) is 1.45. The third kappa shape index (κ3) is 1.98. The Balaban J connectivity index is 3.02. The number of hydrogen-bond acceptors (Lipinski definition) is 4. The standard InChI is InChI=1S/C13H13ClN2O4/c1-3-16-5-6(13(20)15-2)11(18)9-7(16)4-8(17)12(19)10(9)14/h4-5,17,19H,3H2,1-2H3,(H,15,20). The number of rotatable bonds is 2. The Kier molecular flexibility index (Phi) is 3.59. The summed E-state index contributed by atoms with van der Waals surface area (Å²) < 4.78 is 1.60. The lowest BCUT2D eigenvalue weighted by molar-refractivity contribution is 0.0961. The first-order valence-electron chi connectivity index (χ1n) is 5.92. The van der Waals surface area contributed by atoms with Crippen LogP contribution in [0, 0.1) is 0 Å². The Labute approximate surface area is 119 Å². The summed E-state index contributed by atoms with van der Waals surface area (Å²) >= 11 is 5.93. The molecule has 2 aromatic rings. The Bertz CT molecular complexity index is 767. The van der Waals surface area contributed by atoms with Crippen molar-refractivity contribution in [2.75, 3.05) is 7.05 Å². The highest BCUT2D eigenvalue weighted by Crippen LogP contribution is 2.38. The highest BCUT2D eigenvalue weighted by molar-refractivity contribution is 6.37. The molecule has 0 aliphatic rings. The molecule has 0 bridgehead atoms. The number of pyridine rings is 1. The molecule has 0 aliphatic heterocycles. The van der Waals surface area contributed by atoms with E-state index in [0.29, 0.717) is 12.1 Å². The van der Waals surface area contributed by atoms with Gasteiger partial charge >= 0.3 is 0 Å². The van der Waals surface area contributed by atoms with Gasteiger partial charge < -0.3 is 20.1 Å². The zero-order chi connectivity index (χ0) is 15.0. The predicted molar refractivity (Wildman–Crippen MR) is 75.6 cm³/mol. The molecule has 2 rings (SSSR count). The van der Waals surface area contributed by atoms with Crippen molar-refractivity contribution in [3.63, 3.8) is 0 Å². The molecule has 1 amide bonds. The third-order valence-electron chi connectivity index (χ3n) is 3.08. The minimum absolute atomic E-state index is 0.00455. The van der Waals surface area contributed by atoms with Gasteiger partial charge in [-0.2, -0.15) is 0 Å². The Morgan fingerprint density at radius 1 is 1.45 bits per heavy atom. The van der Waals surface area contributed by atoms with Crippen LogP contribution in [-0.2, 0) is 6.54 Å². The number of fused-ring (bicyclic) bond motifs is 1. The Morgan fingerprint density at radius 2 is 2.10 bits per heavy atom. The van der Waals surface area contributed by atoms with Crippen molar-refractivity contribution in [3.05, 3.63) is 33.1 Å². The highest BCUT2D eigenvalue weighted by atomic mass is 35.5. The second-order valence-corrected chi connectivity index (χ2v) is 4.57. The molecule has 3 N–H and O–H groups in total. The van der Waals surface area contributed by atoms with E-state index < -0.39 is 22.8 Å². The largest absolute Gasteiger partial charge is 0.504 e. The van der Waals surface area contributed by atoms with Crippen LogP contribution in [0.1, 0.15) is 17.3 Å². The Hall–Kier alpha value is -2.21. The van der Waals surface area contributed by atoms with E-state index in [4.69, 9.17) is 11.6 Å². The number of phenols is 2. The van der Waals surface area contributed by atoms with Crippen molar-refractivity contribution in [2.45, 2.75) is 13.5 Å². The van der Waals surface area contributed by atoms with Crippen LogP contribution in [-0.4, -0.2) is 27.7 Å². The fraction of sp³-hybridized carbons (Fsp3) is 0.231. The third-order valence-corrected chi connectivity index (χ3v) is 3.45. The summed E-state index contributed by atoms with van der Waals surface area (Å²) in [6.45, 7) is 2.27. The summed E-state index contributed by atoms with van der Waals surface area (Å²) in [4.78, 5) is 24.1. The van der Waals surface area contributed by atoms with Gasteiger partial charge in [-0.15, -0.1) is 0 Å². The van der Waals surface area contributed by atoms with Crippen molar-refractivity contribution in [1.82, 2.24) is 9.88 Å². The Morgan fingerprint density at radius 3 is 2.65 bits per heavy atom. The number of halogens is 1. The van der Waals surface area contributed by atoms with Crippen LogP contribution in [0.2, 0.25) is 5.02 Å². The monoisotopic (exact) mass is 296 g/mol. The number of aromatic hydroxyl groups is 2. The normalized spacial score (nSPS) is 10.8. The van der Waals surface area contributed by atoms with E-state index in [1.54, 1.807) is 4.57 Å². The van der Waals surface area contributed by atoms with Crippen LogP contribution in [0.3, 0.4) is 0 Å². The number of amides is 1. The maximum atomic E-state index is 12.3. The molecule has 106 valence electrons. The molecule has 1 aromatic heterocycles. The van der Waals surface area contributed by atoms with Gasteiger partial charge in [0.15, 0.2) is 11.5 Å². The fourth-order valence-corrected chi connectivity index (χ4v) is 2.31. The van der Waals surface area contributed by atoms with Gasteiger partial charge in [0, 0.05) is 25.9 Å². The van der Waals surface area contributed by atoms with Crippen LogP contribution >= 0.6 is 11.6 Å². The van der Waals surface area contributed by atoms with Crippen LogP contribution < -0.4 is 10.7 Å². The second-order valence-electron chi connectivity index (χ2n) is 4.19. The number of carbonyl (C=O) groups excluding carboxylic acids is 1. The zero-order valence-electron chi connectivity index (χ0n) is 10.9. The summed E-state index contributed by atoms with van der Waals surface area (Å²) in [6.07, 6.45) is 1.40. The molecule has 0 saturated heterocycles. The summed E-state index contributed by atoms with van der Waals surface area (Å²) in [5.74, 6) is -1.53.